The number of rotatable bonds is 5. The number of ketones is 1. The van der Waals surface area contributed by atoms with E-state index in [4.69, 9.17) is 0 Å². The van der Waals surface area contributed by atoms with Gasteiger partial charge in [0, 0.05) is 24.7 Å². The standard InChI is InChI=1S/C16H23NO/c1-13-10-11-15-8-3-4-9-16(15)17(13)12-6-5-7-14(2)18/h3-4,8-9,13H,5-7,10-12H2,1-2H3. The number of carbonyl (C=O) groups excluding carboxylic acids is 1. The number of hydrogen-bond acceptors (Lipinski definition) is 2. The van der Waals surface area contributed by atoms with Gasteiger partial charge in [-0.1, -0.05) is 18.2 Å². The number of fused-ring (bicyclic) bond motifs is 1. The molecule has 18 heavy (non-hydrogen) atoms. The molecule has 1 aliphatic rings. The Balaban J connectivity index is 1.96. The topological polar surface area (TPSA) is 20.3 Å². The zero-order valence-electron chi connectivity index (χ0n) is 11.5. The second kappa shape index (κ2) is 6.03. The number of aryl methyl sites for hydroxylation is 1. The highest BCUT2D eigenvalue weighted by Crippen LogP contribution is 2.30. The van der Waals surface area contributed by atoms with Crippen molar-refractivity contribution in [3.63, 3.8) is 0 Å². The van der Waals surface area contributed by atoms with Gasteiger partial charge in [-0.3, -0.25) is 0 Å². The third-order valence-electron chi connectivity index (χ3n) is 3.84. The van der Waals surface area contributed by atoms with Gasteiger partial charge < -0.3 is 9.69 Å². The summed E-state index contributed by atoms with van der Waals surface area (Å²) < 4.78 is 0. The number of Topliss-reactive ketones (excluding diaryl/α,β-unsaturated/α-hetero) is 1. The number of nitrogens with zero attached hydrogens (tertiary/aromatic N) is 1. The van der Waals surface area contributed by atoms with E-state index < -0.39 is 0 Å². The van der Waals surface area contributed by atoms with Crippen LogP contribution in [0.1, 0.15) is 45.1 Å². The van der Waals surface area contributed by atoms with Crippen LogP contribution >= 0.6 is 0 Å². The number of benzene rings is 1. The highest BCUT2D eigenvalue weighted by atomic mass is 16.1. The molecular formula is C16H23NO. The molecule has 0 bridgehead atoms. The fraction of sp³-hybridized carbons (Fsp3) is 0.562. The van der Waals surface area contributed by atoms with Crippen LogP contribution in [0.25, 0.3) is 0 Å². The van der Waals surface area contributed by atoms with E-state index in [-0.39, 0.29) is 0 Å². The molecule has 2 rings (SSSR count). The normalized spacial score (nSPS) is 18.6. The van der Waals surface area contributed by atoms with Crippen LogP contribution in [0.3, 0.4) is 0 Å². The Hall–Kier alpha value is -1.31. The monoisotopic (exact) mass is 245 g/mol. The number of carbonyl (C=O) groups is 1. The van der Waals surface area contributed by atoms with Crippen molar-refractivity contribution in [1.82, 2.24) is 0 Å². The molecule has 98 valence electrons. The van der Waals surface area contributed by atoms with Crippen LogP contribution in [-0.2, 0) is 11.2 Å². The molecule has 0 radical (unpaired) electrons. The van der Waals surface area contributed by atoms with Crippen molar-refractivity contribution in [2.75, 3.05) is 11.4 Å². The van der Waals surface area contributed by atoms with Crippen LogP contribution in [0.15, 0.2) is 24.3 Å². The molecule has 0 saturated carbocycles. The first-order valence-electron chi connectivity index (χ1n) is 7.02. The molecule has 1 unspecified atom stereocenters. The van der Waals surface area contributed by atoms with E-state index in [2.05, 4.69) is 36.1 Å². The van der Waals surface area contributed by atoms with Crippen molar-refractivity contribution in [1.29, 1.82) is 0 Å². The van der Waals surface area contributed by atoms with Gasteiger partial charge in [-0.05, 0) is 51.2 Å². The number of unbranched alkanes of at least 4 members (excludes halogenated alkanes) is 1. The van der Waals surface area contributed by atoms with Crippen LogP contribution in [0.2, 0.25) is 0 Å². The maximum absolute atomic E-state index is 10.9. The van der Waals surface area contributed by atoms with Crippen LogP contribution < -0.4 is 4.90 Å². The van der Waals surface area contributed by atoms with Gasteiger partial charge >= 0.3 is 0 Å². The number of para-hydroxylation sites is 1. The van der Waals surface area contributed by atoms with Crippen LogP contribution in [0, 0.1) is 0 Å². The van der Waals surface area contributed by atoms with Gasteiger partial charge in [-0.25, -0.2) is 0 Å². The maximum Gasteiger partial charge on any atom is 0.129 e. The molecule has 0 aromatic heterocycles. The quantitative estimate of drug-likeness (QED) is 0.739. The van der Waals surface area contributed by atoms with E-state index in [1.165, 1.54) is 24.1 Å². The molecule has 1 aromatic carbocycles. The van der Waals surface area contributed by atoms with Crippen LogP contribution in [0.4, 0.5) is 5.69 Å². The van der Waals surface area contributed by atoms with Crippen LogP contribution in [0.5, 0.6) is 0 Å². The summed E-state index contributed by atoms with van der Waals surface area (Å²) in [6.45, 7) is 5.06. The molecule has 1 atom stereocenters. The van der Waals surface area contributed by atoms with Gasteiger partial charge in [0.15, 0.2) is 0 Å². The first-order chi connectivity index (χ1) is 8.68. The van der Waals surface area contributed by atoms with E-state index in [9.17, 15) is 4.79 Å². The molecular weight excluding hydrogens is 222 g/mol. The molecule has 0 fully saturated rings. The maximum atomic E-state index is 10.9. The smallest absolute Gasteiger partial charge is 0.129 e. The zero-order valence-corrected chi connectivity index (χ0v) is 11.5. The Morgan fingerprint density at radius 3 is 2.89 bits per heavy atom. The summed E-state index contributed by atoms with van der Waals surface area (Å²) in [5.74, 6) is 0.307. The summed E-state index contributed by atoms with van der Waals surface area (Å²) in [7, 11) is 0. The Kier molecular flexibility index (Phi) is 4.40. The molecule has 2 nitrogen and oxygen atoms in total. The average molecular weight is 245 g/mol. The summed E-state index contributed by atoms with van der Waals surface area (Å²) in [4.78, 5) is 13.5. The molecule has 0 saturated heterocycles. The average Bonchev–Trinajstić information content (AvgIpc) is 2.36. The van der Waals surface area contributed by atoms with Gasteiger partial charge in [0.25, 0.3) is 0 Å². The molecule has 0 amide bonds. The summed E-state index contributed by atoms with van der Waals surface area (Å²) in [5.41, 5.74) is 2.88. The van der Waals surface area contributed by atoms with Crippen molar-refractivity contribution in [2.24, 2.45) is 0 Å². The molecule has 0 aliphatic carbocycles. The summed E-state index contributed by atoms with van der Waals surface area (Å²) in [6, 6.07) is 9.35. The minimum atomic E-state index is 0.307. The summed E-state index contributed by atoms with van der Waals surface area (Å²) >= 11 is 0. The van der Waals surface area contributed by atoms with Crippen molar-refractivity contribution in [2.45, 2.75) is 52.0 Å². The van der Waals surface area contributed by atoms with Gasteiger partial charge in [0.1, 0.15) is 5.78 Å². The van der Waals surface area contributed by atoms with Gasteiger partial charge in [-0.15, -0.1) is 0 Å². The Morgan fingerprint density at radius 1 is 1.33 bits per heavy atom. The lowest BCUT2D eigenvalue weighted by Crippen LogP contribution is -2.38. The minimum absolute atomic E-state index is 0.307. The Labute approximate surface area is 110 Å². The molecule has 1 aliphatic heterocycles. The highest BCUT2D eigenvalue weighted by Gasteiger charge is 2.21. The lowest BCUT2D eigenvalue weighted by atomic mass is 9.96. The second-order valence-corrected chi connectivity index (χ2v) is 5.37. The number of hydrogen-bond donors (Lipinski definition) is 0. The molecule has 1 heterocycles. The Morgan fingerprint density at radius 2 is 2.11 bits per heavy atom. The SMILES string of the molecule is CC(=O)CCCCN1c2ccccc2CCC1C. The third kappa shape index (κ3) is 3.12. The first kappa shape index (κ1) is 13.1. The summed E-state index contributed by atoms with van der Waals surface area (Å²) in [5, 5.41) is 0. The second-order valence-electron chi connectivity index (χ2n) is 5.37. The van der Waals surface area contributed by atoms with E-state index in [0.717, 1.165) is 25.8 Å². The largest absolute Gasteiger partial charge is 0.369 e. The molecule has 1 aromatic rings. The lowest BCUT2D eigenvalue weighted by Gasteiger charge is -2.37. The lowest BCUT2D eigenvalue weighted by molar-refractivity contribution is -0.117. The molecule has 0 N–H and O–H groups in total. The first-order valence-corrected chi connectivity index (χ1v) is 7.02. The van der Waals surface area contributed by atoms with Crippen molar-refractivity contribution >= 4 is 11.5 Å². The van der Waals surface area contributed by atoms with E-state index >= 15 is 0 Å². The predicted molar refractivity (Wildman–Crippen MR) is 76.1 cm³/mol. The zero-order chi connectivity index (χ0) is 13.0. The van der Waals surface area contributed by atoms with Crippen molar-refractivity contribution in [3.05, 3.63) is 29.8 Å². The minimum Gasteiger partial charge on any atom is -0.369 e. The van der Waals surface area contributed by atoms with E-state index in [1.807, 2.05) is 0 Å². The van der Waals surface area contributed by atoms with Gasteiger partial charge in [0.2, 0.25) is 0 Å². The highest BCUT2D eigenvalue weighted by molar-refractivity contribution is 5.75. The molecule has 2 heteroatoms. The Bertz CT molecular complexity index is 413. The van der Waals surface area contributed by atoms with Crippen molar-refractivity contribution in [3.8, 4) is 0 Å². The molecule has 0 spiro atoms. The van der Waals surface area contributed by atoms with Crippen LogP contribution in [-0.4, -0.2) is 18.4 Å². The number of anilines is 1. The fourth-order valence-electron chi connectivity index (χ4n) is 2.76. The van der Waals surface area contributed by atoms with Gasteiger partial charge in [0.05, 0.1) is 0 Å². The predicted octanol–water partition coefficient (Wildman–Crippen LogP) is 3.59. The van der Waals surface area contributed by atoms with E-state index in [1.54, 1.807) is 6.92 Å². The summed E-state index contributed by atoms with van der Waals surface area (Å²) in [6.07, 6.45) is 5.29. The van der Waals surface area contributed by atoms with Gasteiger partial charge in [-0.2, -0.15) is 0 Å². The van der Waals surface area contributed by atoms with E-state index in [0.29, 0.717) is 11.8 Å². The fourth-order valence-corrected chi connectivity index (χ4v) is 2.76. The van der Waals surface area contributed by atoms with Crippen molar-refractivity contribution < 1.29 is 4.79 Å². The third-order valence-corrected chi connectivity index (χ3v) is 3.84.